The van der Waals surface area contributed by atoms with Gasteiger partial charge in [0.2, 0.25) is 15.7 Å². The third kappa shape index (κ3) is 5.12. The number of carbonyl (C=O) groups excluding carboxylic acids is 1. The lowest BCUT2D eigenvalue weighted by atomic mass is 10.1. The lowest BCUT2D eigenvalue weighted by Crippen LogP contribution is -2.32. The van der Waals surface area contributed by atoms with Gasteiger partial charge >= 0.3 is 5.76 Å². The number of aromatic nitrogens is 3. The first-order chi connectivity index (χ1) is 14.7. The SMILES string of the molecule is CC(c1ccc(-n2cncn2)cc1)N(C)CC(=O)Nc1ccccc1S(=O)(=O)C(F)F. The number of halogens is 2. The molecule has 0 aliphatic rings. The zero-order valence-corrected chi connectivity index (χ0v) is 17.6. The zero-order chi connectivity index (χ0) is 22.6. The van der Waals surface area contributed by atoms with Crippen LogP contribution in [0.25, 0.3) is 5.69 Å². The molecule has 2 aromatic carbocycles. The molecule has 0 saturated heterocycles. The molecule has 0 spiro atoms. The van der Waals surface area contributed by atoms with Gasteiger partial charge in [0.05, 0.1) is 22.8 Å². The molecule has 1 aromatic heterocycles. The number of likely N-dealkylation sites (N-methyl/N-ethyl adjacent to an activating group) is 1. The van der Waals surface area contributed by atoms with Gasteiger partial charge < -0.3 is 5.32 Å². The van der Waals surface area contributed by atoms with Crippen LogP contribution in [0.2, 0.25) is 0 Å². The van der Waals surface area contributed by atoms with Crippen LogP contribution in [-0.2, 0) is 14.6 Å². The van der Waals surface area contributed by atoms with E-state index in [0.717, 1.165) is 17.3 Å². The van der Waals surface area contributed by atoms with Crippen LogP contribution < -0.4 is 5.32 Å². The molecule has 1 N–H and O–H groups in total. The summed E-state index contributed by atoms with van der Waals surface area (Å²) < 4.78 is 51.1. The van der Waals surface area contributed by atoms with Crippen molar-refractivity contribution in [3.05, 3.63) is 66.7 Å². The maximum absolute atomic E-state index is 12.9. The lowest BCUT2D eigenvalue weighted by molar-refractivity contribution is -0.117. The Morgan fingerprint density at radius 3 is 2.45 bits per heavy atom. The number of nitrogens with one attached hydrogen (secondary N) is 1. The van der Waals surface area contributed by atoms with Crippen LogP contribution in [-0.4, -0.2) is 53.3 Å². The van der Waals surface area contributed by atoms with E-state index in [4.69, 9.17) is 0 Å². The molecule has 1 atom stereocenters. The number of para-hydroxylation sites is 1. The molecule has 8 nitrogen and oxygen atoms in total. The minimum absolute atomic E-state index is 0.0744. The Morgan fingerprint density at radius 2 is 1.84 bits per heavy atom. The predicted molar refractivity (Wildman–Crippen MR) is 111 cm³/mol. The van der Waals surface area contributed by atoms with Gasteiger partial charge in [-0.3, -0.25) is 9.69 Å². The summed E-state index contributed by atoms with van der Waals surface area (Å²) in [5.74, 6) is -4.10. The summed E-state index contributed by atoms with van der Waals surface area (Å²) >= 11 is 0. The van der Waals surface area contributed by atoms with Gasteiger partial charge in [0.25, 0.3) is 0 Å². The van der Waals surface area contributed by atoms with Crippen LogP contribution in [0, 0.1) is 0 Å². The smallest absolute Gasteiger partial charge is 0.324 e. The number of nitrogens with zero attached hydrogens (tertiary/aromatic N) is 4. The first kappa shape index (κ1) is 22.5. The van der Waals surface area contributed by atoms with E-state index in [1.54, 1.807) is 23.0 Å². The Bertz CT molecular complexity index is 1140. The van der Waals surface area contributed by atoms with Crippen LogP contribution in [0.5, 0.6) is 0 Å². The summed E-state index contributed by atoms with van der Waals surface area (Å²) in [5.41, 5.74) is 1.61. The summed E-state index contributed by atoms with van der Waals surface area (Å²) in [6.45, 7) is 1.84. The van der Waals surface area contributed by atoms with Crippen LogP contribution in [0.3, 0.4) is 0 Å². The summed E-state index contributed by atoms with van der Waals surface area (Å²) in [5, 5.41) is 6.49. The second kappa shape index (κ2) is 9.31. The van der Waals surface area contributed by atoms with Gasteiger partial charge in [0, 0.05) is 6.04 Å². The van der Waals surface area contributed by atoms with E-state index in [-0.39, 0.29) is 18.3 Å². The Balaban J connectivity index is 1.67. The minimum Gasteiger partial charge on any atom is -0.324 e. The Labute approximate surface area is 178 Å². The molecule has 164 valence electrons. The summed E-state index contributed by atoms with van der Waals surface area (Å²) in [6.07, 6.45) is 3.02. The van der Waals surface area contributed by atoms with Gasteiger partial charge in [0.1, 0.15) is 12.7 Å². The molecule has 31 heavy (non-hydrogen) atoms. The molecule has 3 aromatic rings. The van der Waals surface area contributed by atoms with Crippen molar-refractivity contribution < 1.29 is 22.0 Å². The minimum atomic E-state index is -4.84. The summed E-state index contributed by atoms with van der Waals surface area (Å²) in [6, 6.07) is 12.5. The fourth-order valence-electron chi connectivity index (χ4n) is 2.97. The highest BCUT2D eigenvalue weighted by atomic mass is 32.2. The zero-order valence-electron chi connectivity index (χ0n) is 16.8. The average Bonchev–Trinajstić information content (AvgIpc) is 3.28. The van der Waals surface area contributed by atoms with Gasteiger partial charge in [-0.05, 0) is 43.8 Å². The molecular weight excluding hydrogens is 428 g/mol. The van der Waals surface area contributed by atoms with E-state index in [1.165, 1.54) is 24.5 Å². The van der Waals surface area contributed by atoms with E-state index >= 15 is 0 Å². The molecule has 0 radical (unpaired) electrons. The Morgan fingerprint density at radius 1 is 1.16 bits per heavy atom. The number of rotatable bonds is 8. The predicted octanol–water partition coefficient (Wildman–Crippen LogP) is 2.90. The molecule has 0 bridgehead atoms. The van der Waals surface area contributed by atoms with Crippen LogP contribution in [0.1, 0.15) is 18.5 Å². The molecule has 11 heteroatoms. The van der Waals surface area contributed by atoms with Gasteiger partial charge in [-0.1, -0.05) is 24.3 Å². The second-order valence-corrected chi connectivity index (χ2v) is 8.76. The fourth-order valence-corrected chi connectivity index (χ4v) is 3.85. The number of sulfone groups is 1. The van der Waals surface area contributed by atoms with Gasteiger partial charge in [-0.2, -0.15) is 13.9 Å². The molecule has 0 saturated carbocycles. The van der Waals surface area contributed by atoms with Crippen molar-refractivity contribution >= 4 is 21.4 Å². The number of carbonyl (C=O) groups is 1. The monoisotopic (exact) mass is 449 g/mol. The third-order valence-corrected chi connectivity index (χ3v) is 6.25. The maximum atomic E-state index is 12.9. The number of amides is 1. The highest BCUT2D eigenvalue weighted by Crippen LogP contribution is 2.26. The summed E-state index contributed by atoms with van der Waals surface area (Å²) in [7, 11) is -3.10. The van der Waals surface area contributed by atoms with Crippen molar-refractivity contribution in [2.75, 3.05) is 18.9 Å². The number of anilines is 1. The molecule has 1 unspecified atom stereocenters. The van der Waals surface area contributed by atoms with Gasteiger partial charge in [-0.15, -0.1) is 0 Å². The standard InChI is InChI=1S/C20H21F2N5O3S/c1-14(15-7-9-16(10-8-15)27-13-23-12-24-27)26(2)11-19(28)25-17-5-3-4-6-18(17)31(29,30)20(21)22/h3-10,12-14,20H,11H2,1-2H3,(H,25,28). The number of benzene rings is 2. The van der Waals surface area contributed by atoms with Crippen LogP contribution >= 0.6 is 0 Å². The van der Waals surface area contributed by atoms with Crippen molar-refractivity contribution in [3.8, 4) is 5.69 Å². The van der Waals surface area contributed by atoms with Crippen molar-refractivity contribution in [2.24, 2.45) is 0 Å². The highest BCUT2D eigenvalue weighted by molar-refractivity contribution is 7.91. The largest absolute Gasteiger partial charge is 0.341 e. The van der Waals surface area contributed by atoms with E-state index in [9.17, 15) is 22.0 Å². The quantitative estimate of drug-likeness (QED) is 0.568. The van der Waals surface area contributed by atoms with E-state index < -0.39 is 26.4 Å². The second-order valence-electron chi connectivity index (χ2n) is 6.87. The molecule has 1 heterocycles. The molecular formula is C20H21F2N5O3S. The first-order valence-electron chi connectivity index (χ1n) is 9.26. The molecule has 3 rings (SSSR count). The molecule has 1 amide bonds. The number of hydrogen-bond donors (Lipinski definition) is 1. The Kier molecular flexibility index (Phi) is 6.76. The van der Waals surface area contributed by atoms with Crippen molar-refractivity contribution in [1.82, 2.24) is 19.7 Å². The lowest BCUT2D eigenvalue weighted by Gasteiger charge is -2.25. The highest BCUT2D eigenvalue weighted by Gasteiger charge is 2.29. The molecule has 0 aliphatic carbocycles. The Hall–Kier alpha value is -3.18. The van der Waals surface area contributed by atoms with E-state index in [2.05, 4.69) is 15.4 Å². The van der Waals surface area contributed by atoms with Crippen molar-refractivity contribution in [2.45, 2.75) is 23.6 Å². The van der Waals surface area contributed by atoms with Crippen molar-refractivity contribution in [3.63, 3.8) is 0 Å². The third-order valence-electron chi connectivity index (χ3n) is 4.82. The molecule has 0 fully saturated rings. The fraction of sp³-hybridized carbons (Fsp3) is 0.250. The maximum Gasteiger partial charge on any atom is 0.341 e. The topological polar surface area (TPSA) is 97.2 Å². The van der Waals surface area contributed by atoms with Crippen LogP contribution in [0.15, 0.2) is 66.1 Å². The number of hydrogen-bond acceptors (Lipinski definition) is 6. The average molecular weight is 449 g/mol. The normalized spacial score (nSPS) is 12.8. The van der Waals surface area contributed by atoms with Gasteiger partial charge in [-0.25, -0.2) is 18.1 Å². The first-order valence-corrected chi connectivity index (χ1v) is 10.8. The van der Waals surface area contributed by atoms with Crippen LogP contribution in [0.4, 0.5) is 14.5 Å². The van der Waals surface area contributed by atoms with Crippen molar-refractivity contribution in [1.29, 1.82) is 0 Å². The van der Waals surface area contributed by atoms with E-state index in [1.807, 2.05) is 31.2 Å². The molecule has 0 aliphatic heterocycles. The summed E-state index contributed by atoms with van der Waals surface area (Å²) in [4.78, 5) is 17.5. The van der Waals surface area contributed by atoms with E-state index in [0.29, 0.717) is 0 Å². The van der Waals surface area contributed by atoms with Gasteiger partial charge in [0.15, 0.2) is 0 Å². The number of alkyl halides is 2.